The lowest BCUT2D eigenvalue weighted by Gasteiger charge is -2.11. The van der Waals surface area contributed by atoms with Crippen molar-refractivity contribution < 1.29 is 57.4 Å². The number of unbranched alkanes of at least 4 members (excludes halogenated alkanes) is 2. The van der Waals surface area contributed by atoms with Gasteiger partial charge in [0.2, 0.25) is 17.8 Å². The highest BCUT2D eigenvalue weighted by atomic mass is 16.6. The Kier molecular flexibility index (Phi) is 26.0. The SMILES string of the molecule is COC(N)=NCCc1ccc(O)c(N=Nc2ccc(C(=O)NCCOCCOCCOCCOCCOCCOCCC(=O)NCCCCCn3c(NC(=O)c4cccc(C(N)=O)c4)nc4ccccc43)cc2)c1. The molecule has 1 aromatic heterocycles. The van der Waals surface area contributed by atoms with E-state index in [2.05, 4.69) is 36.2 Å². The number of aromatic nitrogens is 2. The summed E-state index contributed by atoms with van der Waals surface area (Å²) in [5.41, 5.74) is 15.3. The number of anilines is 1. The van der Waals surface area contributed by atoms with Gasteiger partial charge in [-0.05, 0) is 98.0 Å². The molecule has 0 radical (unpaired) electrons. The van der Waals surface area contributed by atoms with Crippen LogP contribution in [0.25, 0.3) is 11.0 Å². The third-order valence-corrected chi connectivity index (χ3v) is 10.9. The topological polar surface area (TPSA) is 296 Å². The van der Waals surface area contributed by atoms with E-state index in [1.54, 1.807) is 60.7 Å². The van der Waals surface area contributed by atoms with Gasteiger partial charge >= 0.3 is 0 Å². The van der Waals surface area contributed by atoms with E-state index < -0.39 is 11.8 Å². The number of hydrogen-bond donors (Lipinski definition) is 6. The number of methoxy groups -OCH3 is 1. The average molecular weight is 1030 g/mol. The molecule has 5 rings (SSSR count). The molecule has 22 nitrogen and oxygen atoms in total. The minimum absolute atomic E-state index is 0.00977. The molecule has 5 aromatic rings. The Morgan fingerprint density at radius 2 is 1.28 bits per heavy atom. The Bertz CT molecular complexity index is 2570. The lowest BCUT2D eigenvalue weighted by Crippen LogP contribution is -2.27. The van der Waals surface area contributed by atoms with Crippen LogP contribution in [0.2, 0.25) is 0 Å². The first-order valence-electron chi connectivity index (χ1n) is 24.5. The molecule has 0 saturated heterocycles. The highest BCUT2D eigenvalue weighted by molar-refractivity contribution is 6.06. The van der Waals surface area contributed by atoms with Crippen LogP contribution in [-0.4, -0.2) is 150 Å². The summed E-state index contributed by atoms with van der Waals surface area (Å²) in [6.45, 7) is 6.53. The van der Waals surface area contributed by atoms with Crippen molar-refractivity contribution in [2.45, 2.75) is 38.6 Å². The number of ether oxygens (including phenoxy) is 7. The van der Waals surface area contributed by atoms with Gasteiger partial charge in [0, 0.05) is 49.3 Å². The van der Waals surface area contributed by atoms with Crippen molar-refractivity contribution in [3.8, 4) is 5.75 Å². The quantitative estimate of drug-likeness (QED) is 0.0130. The summed E-state index contributed by atoms with van der Waals surface area (Å²) < 4.78 is 40.0. The number of rotatable bonds is 36. The summed E-state index contributed by atoms with van der Waals surface area (Å²) in [5, 5.41) is 27.2. The number of nitrogens with one attached hydrogen (secondary N) is 3. The summed E-state index contributed by atoms with van der Waals surface area (Å²) in [7, 11) is 1.45. The lowest BCUT2D eigenvalue weighted by atomic mass is 10.1. The number of carbonyl (C=O) groups is 4. The molecule has 8 N–H and O–H groups in total. The van der Waals surface area contributed by atoms with Crippen molar-refractivity contribution >= 4 is 58.0 Å². The number of hydrogen-bond acceptors (Lipinski definition) is 16. The van der Waals surface area contributed by atoms with Crippen LogP contribution in [0.5, 0.6) is 5.75 Å². The zero-order valence-corrected chi connectivity index (χ0v) is 41.8. The van der Waals surface area contributed by atoms with Crippen LogP contribution in [0.3, 0.4) is 0 Å². The number of nitrogens with zero attached hydrogens (tertiary/aromatic N) is 5. The maximum Gasteiger partial charge on any atom is 0.281 e. The Hall–Kier alpha value is -7.34. The Morgan fingerprint density at radius 3 is 1.96 bits per heavy atom. The van der Waals surface area contributed by atoms with E-state index >= 15 is 0 Å². The number of amides is 4. The fraction of sp³-hybridized carbons (Fsp3) is 0.423. The van der Waals surface area contributed by atoms with Crippen LogP contribution in [0.15, 0.2) is 106 Å². The highest BCUT2D eigenvalue weighted by Crippen LogP contribution is 2.29. The van der Waals surface area contributed by atoms with Crippen molar-refractivity contribution in [1.29, 1.82) is 0 Å². The second-order valence-electron chi connectivity index (χ2n) is 16.3. The van der Waals surface area contributed by atoms with E-state index in [4.69, 9.17) is 44.6 Å². The monoisotopic (exact) mass is 1020 g/mol. The molecule has 0 atom stereocenters. The number of phenolic OH excluding ortho intramolecular Hbond substituents is 1. The number of nitrogens with two attached hydrogens (primary N) is 2. The molecule has 0 unspecified atom stereocenters. The predicted molar refractivity (Wildman–Crippen MR) is 277 cm³/mol. The van der Waals surface area contributed by atoms with Crippen LogP contribution in [0, 0.1) is 0 Å². The molecule has 0 bridgehead atoms. The number of primary amides is 1. The molecule has 0 aliphatic rings. The molecule has 0 aliphatic heterocycles. The molecule has 0 aliphatic carbocycles. The zero-order valence-electron chi connectivity index (χ0n) is 41.8. The first-order chi connectivity index (χ1) is 36.1. The second kappa shape index (κ2) is 33.4. The van der Waals surface area contributed by atoms with Gasteiger partial charge in [-0.2, -0.15) is 5.11 Å². The molecular formula is C52H68N10O12. The third kappa shape index (κ3) is 21.4. The largest absolute Gasteiger partial charge is 0.506 e. The summed E-state index contributed by atoms with van der Waals surface area (Å²) in [5.74, 6) is -0.934. The number of aromatic hydroxyl groups is 1. The van der Waals surface area contributed by atoms with E-state index in [1.165, 1.54) is 13.2 Å². The van der Waals surface area contributed by atoms with Gasteiger partial charge in [0.05, 0.1) is 103 Å². The van der Waals surface area contributed by atoms with E-state index in [0.717, 1.165) is 35.9 Å². The van der Waals surface area contributed by atoms with Crippen molar-refractivity contribution in [3.05, 3.63) is 113 Å². The van der Waals surface area contributed by atoms with Crippen LogP contribution in [0.4, 0.5) is 17.3 Å². The molecular weight excluding hydrogens is 957 g/mol. The Balaban J connectivity index is 0.769. The molecule has 0 saturated carbocycles. The van der Waals surface area contributed by atoms with Gasteiger partial charge in [0.25, 0.3) is 17.8 Å². The molecule has 398 valence electrons. The number of aryl methyl sites for hydroxylation is 1. The maximum atomic E-state index is 13.0. The molecule has 74 heavy (non-hydrogen) atoms. The number of amidine groups is 1. The molecule has 22 heteroatoms. The van der Waals surface area contributed by atoms with Gasteiger partial charge in [-0.3, -0.25) is 24.5 Å². The summed E-state index contributed by atoms with van der Waals surface area (Å²) in [4.78, 5) is 58.1. The van der Waals surface area contributed by atoms with Gasteiger partial charge in [0.15, 0.2) is 0 Å². The van der Waals surface area contributed by atoms with Crippen LogP contribution in [0.1, 0.15) is 62.3 Å². The molecule has 4 aromatic carbocycles. The number of carbonyl (C=O) groups excluding carboxylic acids is 4. The first-order valence-corrected chi connectivity index (χ1v) is 24.5. The van der Waals surface area contributed by atoms with Crippen LogP contribution >= 0.6 is 0 Å². The zero-order chi connectivity index (χ0) is 52.6. The standard InChI is InChI=1S/C52H68N10O12/c1-68-51(54)57-21-18-38-12-17-46(63)44(36-38)61-60-42-15-13-39(14-16-42)49(66)56-22-25-70-27-29-72-31-33-74-35-34-73-32-30-71-28-26-69-24-19-47(64)55-20-5-2-6-23-62-45-11-4-3-10-43(45)58-52(62)59-50(67)41-9-7-8-40(37-41)48(53)65/h3-4,7-17,36-37,63H,2,5-6,18-35H2,1H3,(H2,53,65)(H2,54,57)(H,55,64)(H,56,66)(H,58,59,67). The number of fused-ring (bicyclic) bond motifs is 1. The van der Waals surface area contributed by atoms with Crippen LogP contribution < -0.4 is 27.4 Å². The summed E-state index contributed by atoms with van der Waals surface area (Å²) >= 11 is 0. The minimum atomic E-state index is -0.612. The van der Waals surface area contributed by atoms with Gasteiger partial charge in [0.1, 0.15) is 11.4 Å². The van der Waals surface area contributed by atoms with Crippen molar-refractivity contribution in [2.24, 2.45) is 26.7 Å². The third-order valence-electron chi connectivity index (χ3n) is 10.9. The van der Waals surface area contributed by atoms with Gasteiger partial charge < -0.3 is 64.9 Å². The number of benzene rings is 4. The highest BCUT2D eigenvalue weighted by Gasteiger charge is 2.16. The van der Waals surface area contributed by atoms with Gasteiger partial charge in [-0.15, -0.1) is 5.11 Å². The normalized spacial score (nSPS) is 11.6. The molecule has 4 amide bonds. The molecule has 0 spiro atoms. The van der Waals surface area contributed by atoms with Gasteiger partial charge in [-0.1, -0.05) is 24.3 Å². The van der Waals surface area contributed by atoms with Crippen molar-refractivity contribution in [3.63, 3.8) is 0 Å². The van der Waals surface area contributed by atoms with E-state index in [0.29, 0.717) is 140 Å². The Morgan fingerprint density at radius 1 is 0.635 bits per heavy atom. The summed E-state index contributed by atoms with van der Waals surface area (Å²) in [6.07, 6.45) is 3.27. The minimum Gasteiger partial charge on any atom is -0.506 e. The van der Waals surface area contributed by atoms with E-state index in [-0.39, 0.29) is 35.6 Å². The Labute approximate surface area is 430 Å². The summed E-state index contributed by atoms with van der Waals surface area (Å²) in [6, 6.07) is 25.6. The molecule has 1 heterocycles. The second-order valence-corrected chi connectivity index (χ2v) is 16.3. The van der Waals surface area contributed by atoms with E-state index in [9.17, 15) is 24.3 Å². The van der Waals surface area contributed by atoms with Crippen molar-refractivity contribution in [2.75, 3.05) is 111 Å². The first kappa shape index (κ1) is 57.6. The number of azo groups is 1. The number of imidazole rings is 1. The van der Waals surface area contributed by atoms with Crippen LogP contribution in [-0.2, 0) is 50.9 Å². The molecule has 0 fully saturated rings. The number of phenols is 1. The van der Waals surface area contributed by atoms with Gasteiger partial charge in [-0.25, -0.2) is 9.98 Å². The maximum absolute atomic E-state index is 13.0. The number of para-hydroxylation sites is 2. The van der Waals surface area contributed by atoms with Crippen molar-refractivity contribution in [1.82, 2.24) is 20.2 Å². The van der Waals surface area contributed by atoms with E-state index in [1.807, 2.05) is 28.8 Å². The fourth-order valence-electron chi connectivity index (χ4n) is 6.93. The predicted octanol–water partition coefficient (Wildman–Crippen LogP) is 5.22. The number of aliphatic imine (C=N–C) groups is 1. The lowest BCUT2D eigenvalue weighted by molar-refractivity contribution is -0.122. The smallest absolute Gasteiger partial charge is 0.281 e. The average Bonchev–Trinajstić information content (AvgIpc) is 3.76. The fourth-order valence-corrected chi connectivity index (χ4v) is 6.93.